The zero-order valence-electron chi connectivity index (χ0n) is 17.8. The van der Waals surface area contributed by atoms with Crippen LogP contribution in [-0.4, -0.2) is 20.9 Å². The lowest BCUT2D eigenvalue weighted by molar-refractivity contribution is -0.112. The van der Waals surface area contributed by atoms with Gasteiger partial charge < -0.3 is 14.2 Å². The fraction of sp³-hybridized carbons (Fsp3) is 0.0833. The van der Waals surface area contributed by atoms with Gasteiger partial charge in [-0.25, -0.2) is 0 Å². The molecule has 3 aromatic carbocycles. The number of nitrogens with one attached hydrogen (secondary N) is 1. The molecule has 0 aliphatic heterocycles. The molecule has 0 aliphatic rings. The minimum absolute atomic E-state index is 0.0458. The lowest BCUT2D eigenvalue weighted by Crippen LogP contribution is -2.13. The maximum absolute atomic E-state index is 12.5. The molecular formula is C24H18BrClN2O5S. The second kappa shape index (κ2) is 11.2. The first-order valence-corrected chi connectivity index (χ1v) is 12.5. The number of nitrogens with zero attached hydrogens (tertiary/aromatic N) is 1. The van der Waals surface area contributed by atoms with Crippen molar-refractivity contribution >= 4 is 55.3 Å². The van der Waals surface area contributed by atoms with Crippen LogP contribution in [0.2, 0.25) is 5.02 Å². The van der Waals surface area contributed by atoms with Gasteiger partial charge in [0.05, 0.1) is 11.1 Å². The Kier molecular flexibility index (Phi) is 8.34. The highest BCUT2D eigenvalue weighted by molar-refractivity contribution is 9.10. The highest BCUT2D eigenvalue weighted by Gasteiger charge is 2.18. The van der Waals surface area contributed by atoms with E-state index in [1.807, 2.05) is 13.0 Å². The Labute approximate surface area is 210 Å². The topological polar surface area (TPSA) is 105 Å². The molecule has 10 heteroatoms. The lowest BCUT2D eigenvalue weighted by atomic mass is 10.1. The van der Waals surface area contributed by atoms with Crippen molar-refractivity contribution in [2.24, 2.45) is 0 Å². The monoisotopic (exact) mass is 560 g/mol. The Morgan fingerprint density at radius 1 is 1.12 bits per heavy atom. The van der Waals surface area contributed by atoms with Crippen LogP contribution in [0.5, 0.6) is 11.5 Å². The minimum Gasteiger partial charge on any atom is -0.494 e. The Bertz CT molecular complexity index is 1370. The molecule has 3 rings (SSSR count). The summed E-state index contributed by atoms with van der Waals surface area (Å²) in [4.78, 5) is 12.5. The van der Waals surface area contributed by atoms with Crippen molar-refractivity contribution in [2.45, 2.75) is 11.8 Å². The highest BCUT2D eigenvalue weighted by Crippen LogP contribution is 2.30. The van der Waals surface area contributed by atoms with Crippen LogP contribution in [0, 0.1) is 11.3 Å². The summed E-state index contributed by atoms with van der Waals surface area (Å²) in [6.07, 6.45) is 1.38. The van der Waals surface area contributed by atoms with Crippen molar-refractivity contribution in [3.8, 4) is 17.6 Å². The fourth-order valence-corrected chi connectivity index (χ4v) is 4.41. The van der Waals surface area contributed by atoms with Gasteiger partial charge in [0.1, 0.15) is 22.3 Å². The first kappa shape index (κ1) is 25.3. The number of carbonyl (C=O) groups is 1. The molecule has 0 aromatic heterocycles. The number of amides is 1. The van der Waals surface area contributed by atoms with E-state index >= 15 is 0 Å². The molecule has 0 heterocycles. The van der Waals surface area contributed by atoms with Crippen molar-refractivity contribution in [3.63, 3.8) is 0 Å². The summed E-state index contributed by atoms with van der Waals surface area (Å²) in [7, 11) is -4.08. The molecule has 1 amide bonds. The first-order chi connectivity index (χ1) is 16.2. The third kappa shape index (κ3) is 6.60. The van der Waals surface area contributed by atoms with Crippen molar-refractivity contribution in [3.05, 3.63) is 87.4 Å². The normalized spacial score (nSPS) is 11.4. The van der Waals surface area contributed by atoms with E-state index in [2.05, 4.69) is 21.2 Å². The van der Waals surface area contributed by atoms with E-state index in [1.165, 1.54) is 48.5 Å². The highest BCUT2D eigenvalue weighted by atomic mass is 79.9. The average molecular weight is 562 g/mol. The first-order valence-electron chi connectivity index (χ1n) is 9.87. The standard InChI is InChI=1S/C24H18BrClN2O5S/c1-2-32-20-8-6-19(7-9-20)28-24(29)17(15-27)13-16-3-12-23(22(25)14-16)33-34(30,31)21-10-4-18(26)5-11-21/h3-14H,2H2,1H3,(H,28,29)/b17-13+. The molecule has 0 saturated heterocycles. The van der Waals surface area contributed by atoms with Gasteiger partial charge in [0.2, 0.25) is 0 Å². The second-order valence-corrected chi connectivity index (χ2v) is 9.60. The molecule has 0 aliphatic carbocycles. The van der Waals surface area contributed by atoms with E-state index in [0.29, 0.717) is 33.1 Å². The number of hydrogen-bond acceptors (Lipinski definition) is 6. The van der Waals surface area contributed by atoms with Crippen LogP contribution < -0.4 is 14.2 Å². The molecule has 0 unspecified atom stereocenters. The quantitative estimate of drug-likeness (QED) is 0.211. The number of benzene rings is 3. The number of hydrogen-bond donors (Lipinski definition) is 1. The summed E-state index contributed by atoms with van der Waals surface area (Å²) >= 11 is 9.07. The SMILES string of the molecule is CCOc1ccc(NC(=O)/C(C#N)=C/c2ccc(OS(=O)(=O)c3ccc(Cl)cc3)c(Br)c2)cc1. The summed E-state index contributed by atoms with van der Waals surface area (Å²) < 4.78 is 35.9. The Morgan fingerprint density at radius 2 is 1.79 bits per heavy atom. The molecule has 0 radical (unpaired) electrons. The maximum atomic E-state index is 12.5. The van der Waals surface area contributed by atoms with Gasteiger partial charge in [-0.05, 0) is 95.2 Å². The van der Waals surface area contributed by atoms with Crippen LogP contribution in [0.1, 0.15) is 12.5 Å². The van der Waals surface area contributed by atoms with Gasteiger partial charge in [0, 0.05) is 10.7 Å². The molecule has 7 nitrogen and oxygen atoms in total. The lowest BCUT2D eigenvalue weighted by Gasteiger charge is -2.10. The van der Waals surface area contributed by atoms with Gasteiger partial charge >= 0.3 is 10.1 Å². The van der Waals surface area contributed by atoms with Gasteiger partial charge in [-0.3, -0.25) is 4.79 Å². The summed E-state index contributed by atoms with van der Waals surface area (Å²) in [6.45, 7) is 2.40. The summed E-state index contributed by atoms with van der Waals surface area (Å²) in [5, 5.41) is 12.5. The summed E-state index contributed by atoms with van der Waals surface area (Å²) in [6, 6.07) is 18.7. The van der Waals surface area contributed by atoms with Crippen LogP contribution in [0.25, 0.3) is 6.08 Å². The van der Waals surface area contributed by atoms with Crippen LogP contribution in [0.3, 0.4) is 0 Å². The van der Waals surface area contributed by atoms with E-state index in [-0.39, 0.29) is 16.2 Å². The van der Waals surface area contributed by atoms with Crippen molar-refractivity contribution in [1.82, 2.24) is 0 Å². The van der Waals surface area contributed by atoms with Crippen LogP contribution >= 0.6 is 27.5 Å². The molecule has 0 fully saturated rings. The van der Waals surface area contributed by atoms with Crippen molar-refractivity contribution in [1.29, 1.82) is 5.26 Å². The smallest absolute Gasteiger partial charge is 0.339 e. The van der Waals surface area contributed by atoms with Gasteiger partial charge in [-0.2, -0.15) is 13.7 Å². The number of anilines is 1. The van der Waals surface area contributed by atoms with Gasteiger partial charge in [-0.1, -0.05) is 17.7 Å². The zero-order valence-corrected chi connectivity index (χ0v) is 20.9. The molecule has 3 aromatic rings. The molecular weight excluding hydrogens is 544 g/mol. The minimum atomic E-state index is -4.08. The molecule has 174 valence electrons. The molecule has 34 heavy (non-hydrogen) atoms. The van der Waals surface area contributed by atoms with Gasteiger partial charge in [0.25, 0.3) is 5.91 Å². The predicted molar refractivity (Wildman–Crippen MR) is 133 cm³/mol. The third-order valence-corrected chi connectivity index (χ3v) is 6.48. The average Bonchev–Trinajstić information content (AvgIpc) is 2.81. The predicted octanol–water partition coefficient (Wildman–Crippen LogP) is 5.81. The molecule has 0 atom stereocenters. The zero-order chi connectivity index (χ0) is 24.7. The molecule has 1 N–H and O–H groups in total. The number of nitriles is 1. The maximum Gasteiger partial charge on any atom is 0.339 e. The van der Waals surface area contributed by atoms with E-state index in [0.717, 1.165) is 0 Å². The Balaban J connectivity index is 1.75. The summed E-state index contributed by atoms with van der Waals surface area (Å²) in [5.74, 6) is 0.125. The molecule has 0 saturated carbocycles. The van der Waals surface area contributed by atoms with Crippen molar-refractivity contribution < 1.29 is 22.1 Å². The fourth-order valence-electron chi connectivity index (χ4n) is 2.76. The largest absolute Gasteiger partial charge is 0.494 e. The van der Waals surface area contributed by atoms with Crippen molar-refractivity contribution in [2.75, 3.05) is 11.9 Å². The molecule has 0 bridgehead atoms. The van der Waals surface area contributed by atoms with Crippen LogP contribution in [-0.2, 0) is 14.9 Å². The van der Waals surface area contributed by atoms with E-state index in [9.17, 15) is 18.5 Å². The Morgan fingerprint density at radius 3 is 2.38 bits per heavy atom. The second-order valence-electron chi connectivity index (χ2n) is 6.76. The van der Waals surface area contributed by atoms with Gasteiger partial charge in [0.15, 0.2) is 5.75 Å². The molecule has 0 spiro atoms. The van der Waals surface area contributed by atoms with Crippen LogP contribution in [0.15, 0.2) is 81.7 Å². The van der Waals surface area contributed by atoms with E-state index < -0.39 is 16.0 Å². The third-order valence-electron chi connectivity index (χ3n) is 4.36. The number of ether oxygens (including phenoxy) is 1. The Hall–Kier alpha value is -3.32. The van der Waals surface area contributed by atoms with Crippen LogP contribution in [0.4, 0.5) is 5.69 Å². The number of carbonyl (C=O) groups excluding carboxylic acids is 1. The van der Waals surface area contributed by atoms with E-state index in [4.69, 9.17) is 20.5 Å². The summed E-state index contributed by atoms with van der Waals surface area (Å²) in [5.41, 5.74) is 0.858. The van der Waals surface area contributed by atoms with E-state index in [1.54, 1.807) is 24.3 Å². The number of rotatable bonds is 8. The number of halogens is 2. The van der Waals surface area contributed by atoms with Gasteiger partial charge in [-0.15, -0.1) is 0 Å².